The summed E-state index contributed by atoms with van der Waals surface area (Å²) in [4.78, 5) is 22.2. The van der Waals surface area contributed by atoms with Gasteiger partial charge in [0.1, 0.15) is 5.82 Å². The zero-order chi connectivity index (χ0) is 19.9. The Morgan fingerprint density at radius 1 is 0.897 bits per heavy atom. The number of benzene rings is 2. The van der Waals surface area contributed by atoms with Crippen LogP contribution in [0, 0.1) is 0 Å². The molecule has 0 aliphatic carbocycles. The molecule has 1 aliphatic rings. The summed E-state index contributed by atoms with van der Waals surface area (Å²) in [7, 11) is 0. The molecule has 1 aliphatic heterocycles. The van der Waals surface area contributed by atoms with E-state index >= 15 is 0 Å². The van der Waals surface area contributed by atoms with Gasteiger partial charge < -0.3 is 10.3 Å². The van der Waals surface area contributed by atoms with Crippen molar-refractivity contribution in [1.29, 1.82) is 0 Å². The highest BCUT2D eigenvalue weighted by molar-refractivity contribution is 5.55. The molecule has 4 rings (SSSR count). The van der Waals surface area contributed by atoms with Crippen molar-refractivity contribution < 1.29 is 0 Å². The molecule has 0 amide bonds. The van der Waals surface area contributed by atoms with Crippen molar-refractivity contribution in [2.45, 2.75) is 25.8 Å². The van der Waals surface area contributed by atoms with Crippen LogP contribution >= 0.6 is 0 Å². The number of H-pyrrole nitrogens is 1. The smallest absolute Gasteiger partial charge is 0.251 e. The number of aryl methyl sites for hydroxylation is 2. The van der Waals surface area contributed by atoms with E-state index in [1.807, 2.05) is 18.2 Å². The van der Waals surface area contributed by atoms with Crippen molar-refractivity contribution >= 4 is 0 Å². The average molecular weight is 389 g/mol. The molecule has 1 saturated heterocycles. The molecule has 0 bridgehead atoms. The number of aromatic nitrogens is 2. The van der Waals surface area contributed by atoms with Crippen molar-refractivity contribution in [2.24, 2.45) is 0 Å². The summed E-state index contributed by atoms with van der Waals surface area (Å²) in [6.45, 7) is 5.34. The lowest BCUT2D eigenvalue weighted by atomic mass is 10.1. The van der Waals surface area contributed by atoms with E-state index in [0.29, 0.717) is 5.82 Å². The van der Waals surface area contributed by atoms with Crippen molar-refractivity contribution in [2.75, 3.05) is 26.2 Å². The Balaban J connectivity index is 1.44. The van der Waals surface area contributed by atoms with Crippen LogP contribution in [0.1, 0.15) is 23.2 Å². The zero-order valence-corrected chi connectivity index (χ0v) is 16.7. The first-order chi connectivity index (χ1) is 14.3. The molecule has 150 valence electrons. The van der Waals surface area contributed by atoms with Gasteiger partial charge in [0.25, 0.3) is 5.56 Å². The normalized spacial score (nSPS) is 15.2. The van der Waals surface area contributed by atoms with Gasteiger partial charge in [0.2, 0.25) is 0 Å². The van der Waals surface area contributed by atoms with Crippen LogP contribution in [0.5, 0.6) is 0 Å². The highest BCUT2D eigenvalue weighted by atomic mass is 16.1. The molecule has 0 radical (unpaired) electrons. The van der Waals surface area contributed by atoms with Gasteiger partial charge in [-0.1, -0.05) is 54.6 Å². The average Bonchev–Trinajstić information content (AvgIpc) is 3.02. The predicted octanol–water partition coefficient (Wildman–Crippen LogP) is 3.02. The lowest BCUT2D eigenvalue weighted by Crippen LogP contribution is -2.27. The molecule has 29 heavy (non-hydrogen) atoms. The summed E-state index contributed by atoms with van der Waals surface area (Å²) < 4.78 is 0. The molecule has 5 heteroatoms. The van der Waals surface area contributed by atoms with E-state index in [1.165, 1.54) is 17.5 Å². The Bertz CT molecular complexity index is 958. The summed E-state index contributed by atoms with van der Waals surface area (Å²) in [5, 5.41) is 3.44. The van der Waals surface area contributed by atoms with Crippen molar-refractivity contribution in [3.63, 3.8) is 0 Å². The van der Waals surface area contributed by atoms with Gasteiger partial charge in [-0.2, -0.15) is 0 Å². The van der Waals surface area contributed by atoms with Gasteiger partial charge in [-0.25, -0.2) is 4.98 Å². The Hall–Kier alpha value is -2.76. The summed E-state index contributed by atoms with van der Waals surface area (Å²) >= 11 is 0. The predicted molar refractivity (Wildman–Crippen MR) is 117 cm³/mol. The van der Waals surface area contributed by atoms with E-state index in [1.54, 1.807) is 6.07 Å². The number of nitrogens with zero attached hydrogens (tertiary/aromatic N) is 2. The second-order valence-electron chi connectivity index (χ2n) is 7.65. The third-order valence-corrected chi connectivity index (χ3v) is 5.37. The van der Waals surface area contributed by atoms with Crippen LogP contribution in [-0.2, 0) is 19.4 Å². The molecule has 2 N–H and O–H groups in total. The molecule has 0 saturated carbocycles. The van der Waals surface area contributed by atoms with Crippen molar-refractivity contribution in [3.8, 4) is 11.4 Å². The van der Waals surface area contributed by atoms with Gasteiger partial charge in [-0.3, -0.25) is 9.69 Å². The molecule has 5 nitrogen and oxygen atoms in total. The van der Waals surface area contributed by atoms with Gasteiger partial charge >= 0.3 is 0 Å². The third kappa shape index (κ3) is 5.62. The molecule has 1 aromatic heterocycles. The minimum absolute atomic E-state index is 0.0980. The van der Waals surface area contributed by atoms with E-state index in [2.05, 4.69) is 51.6 Å². The number of aromatic amines is 1. The second-order valence-corrected chi connectivity index (χ2v) is 7.65. The number of nitrogens with one attached hydrogen (secondary N) is 2. The molecular formula is C24H28N4O. The monoisotopic (exact) mass is 388 g/mol. The van der Waals surface area contributed by atoms with Crippen LogP contribution in [0.2, 0.25) is 0 Å². The highest BCUT2D eigenvalue weighted by Crippen LogP contribution is 2.17. The van der Waals surface area contributed by atoms with Gasteiger partial charge in [0.05, 0.1) is 0 Å². The highest BCUT2D eigenvalue weighted by Gasteiger charge is 2.10. The molecule has 2 aromatic carbocycles. The second kappa shape index (κ2) is 9.63. The lowest BCUT2D eigenvalue weighted by Gasteiger charge is -2.19. The summed E-state index contributed by atoms with van der Waals surface area (Å²) in [5.74, 6) is 0.645. The topological polar surface area (TPSA) is 61.0 Å². The lowest BCUT2D eigenvalue weighted by molar-refractivity contribution is 0.284. The Kier molecular flexibility index (Phi) is 6.49. The molecule has 0 unspecified atom stereocenters. The van der Waals surface area contributed by atoms with Crippen LogP contribution in [0.15, 0.2) is 65.5 Å². The first-order valence-corrected chi connectivity index (χ1v) is 10.4. The number of rotatable bonds is 6. The van der Waals surface area contributed by atoms with E-state index in [4.69, 9.17) is 4.98 Å². The Labute approximate surface area is 171 Å². The van der Waals surface area contributed by atoms with Crippen LogP contribution in [0.4, 0.5) is 0 Å². The largest absolute Gasteiger partial charge is 0.315 e. The molecule has 1 fully saturated rings. The van der Waals surface area contributed by atoms with Gasteiger partial charge in [0, 0.05) is 37.0 Å². The van der Waals surface area contributed by atoms with Crippen LogP contribution in [0.25, 0.3) is 11.4 Å². The van der Waals surface area contributed by atoms with Gasteiger partial charge in [-0.15, -0.1) is 0 Å². The fourth-order valence-corrected chi connectivity index (χ4v) is 3.78. The summed E-state index contributed by atoms with van der Waals surface area (Å²) in [6, 6.07) is 20.3. The quantitative estimate of drug-likeness (QED) is 0.681. The van der Waals surface area contributed by atoms with E-state index in [0.717, 1.165) is 56.8 Å². The van der Waals surface area contributed by atoms with Gasteiger partial charge in [0.15, 0.2) is 0 Å². The summed E-state index contributed by atoms with van der Waals surface area (Å²) in [5.41, 5.74) is 4.22. The third-order valence-electron chi connectivity index (χ3n) is 5.37. The number of hydrogen-bond acceptors (Lipinski definition) is 4. The zero-order valence-electron chi connectivity index (χ0n) is 16.7. The van der Waals surface area contributed by atoms with E-state index in [-0.39, 0.29) is 5.56 Å². The molecule has 2 heterocycles. The van der Waals surface area contributed by atoms with Crippen LogP contribution < -0.4 is 10.9 Å². The maximum atomic E-state index is 12.1. The molecule has 0 atom stereocenters. The maximum Gasteiger partial charge on any atom is 0.251 e. The van der Waals surface area contributed by atoms with E-state index < -0.39 is 0 Å². The van der Waals surface area contributed by atoms with Crippen LogP contribution in [-0.4, -0.2) is 41.0 Å². The maximum absolute atomic E-state index is 12.1. The molecular weight excluding hydrogens is 360 g/mol. The fourth-order valence-electron chi connectivity index (χ4n) is 3.78. The summed E-state index contributed by atoms with van der Waals surface area (Å²) in [6.07, 6.45) is 2.82. The van der Waals surface area contributed by atoms with Crippen molar-refractivity contribution in [1.82, 2.24) is 20.2 Å². The molecule has 3 aromatic rings. The minimum Gasteiger partial charge on any atom is -0.315 e. The fraction of sp³-hybridized carbons (Fsp3) is 0.333. The minimum atomic E-state index is -0.0980. The van der Waals surface area contributed by atoms with Gasteiger partial charge in [-0.05, 0) is 43.5 Å². The Morgan fingerprint density at radius 2 is 1.72 bits per heavy atom. The molecule has 0 spiro atoms. The first-order valence-electron chi connectivity index (χ1n) is 10.4. The standard InChI is InChI=1S/C24H28N4O/c29-23-17-22(12-9-19-5-2-1-3-6-19)26-24(27-23)21-10-7-20(8-11-21)18-28-15-4-13-25-14-16-28/h1-3,5-8,10-11,17,25H,4,9,12-16,18H2,(H,26,27,29). The Morgan fingerprint density at radius 3 is 2.55 bits per heavy atom. The SMILES string of the molecule is O=c1cc(CCc2ccccc2)nc(-c2ccc(CN3CCCNCC3)cc2)[nH]1. The van der Waals surface area contributed by atoms with E-state index in [9.17, 15) is 4.79 Å². The number of hydrogen-bond donors (Lipinski definition) is 2. The first kappa shape index (κ1) is 19.6. The van der Waals surface area contributed by atoms with Crippen molar-refractivity contribution in [3.05, 3.63) is 87.8 Å². The van der Waals surface area contributed by atoms with Crippen LogP contribution in [0.3, 0.4) is 0 Å².